The van der Waals surface area contributed by atoms with Crippen LogP contribution in [0.15, 0.2) is 42.0 Å². The third kappa shape index (κ3) is 5.64. The van der Waals surface area contributed by atoms with Gasteiger partial charge in [-0.2, -0.15) is 0 Å². The Bertz CT molecular complexity index is 536. The van der Waals surface area contributed by atoms with Crippen LogP contribution in [0, 0.1) is 5.92 Å². The molecular formula is C20H29ClN2O. The lowest BCUT2D eigenvalue weighted by molar-refractivity contribution is -0.122. The molecule has 1 saturated carbocycles. The first-order valence-electron chi connectivity index (χ1n) is 9.01. The number of carbonyl (C=O) groups excluding carboxylic acids is 1. The largest absolute Gasteiger partial charge is 0.352 e. The fraction of sp³-hybridized carbons (Fsp3) is 0.550. The SMILES string of the molecule is Cl.O=C(CC1CCC(c2ccccc2)CC1)NCC1=CCNCC1. The Hall–Kier alpha value is -1.32. The molecule has 0 aromatic heterocycles. The Labute approximate surface area is 151 Å². The van der Waals surface area contributed by atoms with Crippen LogP contribution in [0.5, 0.6) is 0 Å². The Balaban J connectivity index is 0.00000208. The summed E-state index contributed by atoms with van der Waals surface area (Å²) >= 11 is 0. The molecule has 0 unspecified atom stereocenters. The van der Waals surface area contributed by atoms with E-state index in [1.807, 2.05) is 0 Å². The first-order valence-corrected chi connectivity index (χ1v) is 9.01. The van der Waals surface area contributed by atoms with Crippen molar-refractivity contribution in [2.45, 2.75) is 44.4 Å². The van der Waals surface area contributed by atoms with Crippen LogP contribution in [-0.4, -0.2) is 25.5 Å². The van der Waals surface area contributed by atoms with Crippen LogP contribution in [0.25, 0.3) is 0 Å². The summed E-state index contributed by atoms with van der Waals surface area (Å²) in [5.74, 6) is 1.49. The molecule has 1 aliphatic heterocycles. The van der Waals surface area contributed by atoms with Gasteiger partial charge in [0.2, 0.25) is 5.91 Å². The highest BCUT2D eigenvalue weighted by molar-refractivity contribution is 5.85. The van der Waals surface area contributed by atoms with Gasteiger partial charge in [0, 0.05) is 19.5 Å². The molecule has 0 saturated heterocycles. The Morgan fingerprint density at radius 3 is 2.54 bits per heavy atom. The van der Waals surface area contributed by atoms with Crippen LogP contribution in [0.3, 0.4) is 0 Å². The summed E-state index contributed by atoms with van der Waals surface area (Å²) in [4.78, 5) is 12.2. The second-order valence-corrected chi connectivity index (χ2v) is 6.93. The number of rotatable bonds is 5. The average Bonchev–Trinajstić information content (AvgIpc) is 2.62. The highest BCUT2D eigenvalue weighted by Crippen LogP contribution is 2.36. The number of benzene rings is 1. The predicted molar refractivity (Wildman–Crippen MR) is 102 cm³/mol. The van der Waals surface area contributed by atoms with Crippen LogP contribution < -0.4 is 10.6 Å². The van der Waals surface area contributed by atoms with Gasteiger partial charge in [-0.25, -0.2) is 0 Å². The maximum absolute atomic E-state index is 12.2. The van der Waals surface area contributed by atoms with Crippen molar-refractivity contribution in [2.75, 3.05) is 19.6 Å². The molecule has 1 aromatic carbocycles. The minimum absolute atomic E-state index is 0. The molecule has 0 spiro atoms. The van der Waals surface area contributed by atoms with Crippen LogP contribution in [0.4, 0.5) is 0 Å². The van der Waals surface area contributed by atoms with Crippen molar-refractivity contribution < 1.29 is 4.79 Å². The lowest BCUT2D eigenvalue weighted by Crippen LogP contribution is -2.31. The van der Waals surface area contributed by atoms with Crippen molar-refractivity contribution in [2.24, 2.45) is 5.92 Å². The van der Waals surface area contributed by atoms with Crippen molar-refractivity contribution in [1.82, 2.24) is 10.6 Å². The highest BCUT2D eigenvalue weighted by Gasteiger charge is 2.23. The van der Waals surface area contributed by atoms with Crippen LogP contribution >= 0.6 is 12.4 Å². The van der Waals surface area contributed by atoms with E-state index in [0.29, 0.717) is 18.3 Å². The topological polar surface area (TPSA) is 41.1 Å². The zero-order valence-electron chi connectivity index (χ0n) is 14.3. The van der Waals surface area contributed by atoms with Gasteiger partial charge in [-0.15, -0.1) is 12.4 Å². The first-order chi connectivity index (χ1) is 11.3. The monoisotopic (exact) mass is 348 g/mol. The van der Waals surface area contributed by atoms with E-state index in [4.69, 9.17) is 0 Å². The van der Waals surface area contributed by atoms with Gasteiger partial charge < -0.3 is 10.6 Å². The van der Waals surface area contributed by atoms with Gasteiger partial charge in [-0.3, -0.25) is 4.79 Å². The normalized spacial score (nSPS) is 23.8. The van der Waals surface area contributed by atoms with E-state index >= 15 is 0 Å². The average molecular weight is 349 g/mol. The molecule has 0 radical (unpaired) electrons. The smallest absolute Gasteiger partial charge is 0.220 e. The molecule has 0 bridgehead atoms. The molecule has 0 atom stereocenters. The van der Waals surface area contributed by atoms with E-state index in [0.717, 1.165) is 26.1 Å². The summed E-state index contributed by atoms with van der Waals surface area (Å²) in [6, 6.07) is 10.8. The molecule has 24 heavy (non-hydrogen) atoms. The lowest BCUT2D eigenvalue weighted by Gasteiger charge is -2.28. The second kappa shape index (κ2) is 9.85. The second-order valence-electron chi connectivity index (χ2n) is 6.93. The minimum Gasteiger partial charge on any atom is -0.352 e. The summed E-state index contributed by atoms with van der Waals surface area (Å²) in [5.41, 5.74) is 2.83. The summed E-state index contributed by atoms with van der Waals surface area (Å²) in [6.45, 7) is 2.71. The number of carbonyl (C=O) groups is 1. The van der Waals surface area contributed by atoms with E-state index in [2.05, 4.69) is 47.0 Å². The van der Waals surface area contributed by atoms with Crippen molar-refractivity contribution in [3.05, 3.63) is 47.5 Å². The summed E-state index contributed by atoms with van der Waals surface area (Å²) in [5, 5.41) is 6.40. The number of hydrogen-bond acceptors (Lipinski definition) is 2. The van der Waals surface area contributed by atoms with Crippen molar-refractivity contribution in [3.8, 4) is 0 Å². The Morgan fingerprint density at radius 2 is 1.88 bits per heavy atom. The van der Waals surface area contributed by atoms with Gasteiger partial charge in [0.25, 0.3) is 0 Å². The molecule has 132 valence electrons. The van der Waals surface area contributed by atoms with Crippen LogP contribution in [0.2, 0.25) is 0 Å². The third-order valence-corrected chi connectivity index (χ3v) is 5.26. The zero-order valence-corrected chi connectivity index (χ0v) is 15.1. The molecule has 2 aliphatic rings. The first kappa shape index (κ1) is 19.0. The predicted octanol–water partition coefficient (Wildman–Crippen LogP) is 3.81. The molecular weight excluding hydrogens is 320 g/mol. The van der Waals surface area contributed by atoms with Gasteiger partial charge in [0.05, 0.1) is 0 Å². The standard InChI is InChI=1S/C20H28N2O.ClH/c23-20(22-15-17-10-12-21-13-11-17)14-16-6-8-19(9-7-16)18-4-2-1-3-5-18;/h1-5,10,16,19,21H,6-9,11-15H2,(H,22,23);1H. The van der Waals surface area contributed by atoms with E-state index in [-0.39, 0.29) is 18.3 Å². The van der Waals surface area contributed by atoms with E-state index in [1.54, 1.807) is 0 Å². The van der Waals surface area contributed by atoms with Crippen LogP contribution in [-0.2, 0) is 4.79 Å². The van der Waals surface area contributed by atoms with Gasteiger partial charge in [0.15, 0.2) is 0 Å². The summed E-state index contributed by atoms with van der Waals surface area (Å²) < 4.78 is 0. The van der Waals surface area contributed by atoms with Gasteiger partial charge in [-0.1, -0.05) is 42.0 Å². The molecule has 2 N–H and O–H groups in total. The highest BCUT2D eigenvalue weighted by atomic mass is 35.5. The fourth-order valence-electron chi connectivity index (χ4n) is 3.80. The number of halogens is 1. The molecule has 1 heterocycles. The molecule has 3 rings (SSSR count). The molecule has 1 amide bonds. The molecule has 1 aliphatic carbocycles. The van der Waals surface area contributed by atoms with Crippen molar-refractivity contribution in [3.63, 3.8) is 0 Å². The third-order valence-electron chi connectivity index (χ3n) is 5.26. The summed E-state index contributed by atoms with van der Waals surface area (Å²) in [6.07, 6.45) is 8.76. The maximum Gasteiger partial charge on any atom is 0.220 e. The van der Waals surface area contributed by atoms with E-state index in [1.165, 1.54) is 36.8 Å². The van der Waals surface area contributed by atoms with Gasteiger partial charge in [0.1, 0.15) is 0 Å². The zero-order chi connectivity index (χ0) is 15.9. The fourth-order valence-corrected chi connectivity index (χ4v) is 3.80. The quantitative estimate of drug-likeness (QED) is 0.794. The van der Waals surface area contributed by atoms with E-state index < -0.39 is 0 Å². The maximum atomic E-state index is 12.2. The molecule has 4 heteroatoms. The van der Waals surface area contributed by atoms with Crippen LogP contribution in [0.1, 0.15) is 50.0 Å². The Kier molecular flexibility index (Phi) is 7.80. The molecule has 3 nitrogen and oxygen atoms in total. The lowest BCUT2D eigenvalue weighted by atomic mass is 9.77. The molecule has 1 aromatic rings. The number of hydrogen-bond donors (Lipinski definition) is 2. The number of nitrogens with one attached hydrogen (secondary N) is 2. The minimum atomic E-state index is 0. The van der Waals surface area contributed by atoms with Gasteiger partial charge in [-0.05, 0) is 56.0 Å². The molecule has 1 fully saturated rings. The Morgan fingerprint density at radius 1 is 1.12 bits per heavy atom. The number of amides is 1. The van der Waals surface area contributed by atoms with Crippen molar-refractivity contribution in [1.29, 1.82) is 0 Å². The van der Waals surface area contributed by atoms with Gasteiger partial charge >= 0.3 is 0 Å². The van der Waals surface area contributed by atoms with E-state index in [9.17, 15) is 4.79 Å². The summed E-state index contributed by atoms with van der Waals surface area (Å²) in [7, 11) is 0. The van der Waals surface area contributed by atoms with Crippen molar-refractivity contribution >= 4 is 18.3 Å².